The first-order valence-electron chi connectivity index (χ1n) is 14.2. The van der Waals surface area contributed by atoms with Gasteiger partial charge in [-0.25, -0.2) is 0 Å². The molecule has 6 atom stereocenters. The third kappa shape index (κ3) is 7.20. The number of fused-ring (bicyclic) bond motifs is 5. The van der Waals surface area contributed by atoms with E-state index in [-0.39, 0.29) is 0 Å². The highest BCUT2D eigenvalue weighted by atomic mass is 15.2. The molecule has 0 radical (unpaired) electrons. The van der Waals surface area contributed by atoms with Crippen LogP contribution in [0.1, 0.15) is 115 Å². The molecule has 0 amide bonds. The second kappa shape index (κ2) is 13.6. The molecule has 5 fully saturated rings. The Kier molecular flexibility index (Phi) is 12.7. The summed E-state index contributed by atoms with van der Waals surface area (Å²) < 4.78 is 0. The van der Waals surface area contributed by atoms with Gasteiger partial charge in [0.2, 0.25) is 0 Å². The molecular weight excluding hydrogens is 376 g/mol. The maximum atomic E-state index is 2.74. The molecule has 5 aliphatic rings. The van der Waals surface area contributed by atoms with Crippen molar-refractivity contribution >= 4 is 0 Å². The molecule has 186 valence electrons. The van der Waals surface area contributed by atoms with Crippen LogP contribution in [0.4, 0.5) is 0 Å². The lowest BCUT2D eigenvalue weighted by atomic mass is 9.67. The zero-order valence-electron chi connectivity index (χ0n) is 23.6. The molecule has 2 aliphatic carbocycles. The van der Waals surface area contributed by atoms with Crippen molar-refractivity contribution in [2.75, 3.05) is 13.1 Å². The lowest BCUT2D eigenvalue weighted by Gasteiger charge is -2.52. The van der Waals surface area contributed by atoms with Crippen molar-refractivity contribution < 1.29 is 0 Å². The van der Waals surface area contributed by atoms with E-state index >= 15 is 0 Å². The average Bonchev–Trinajstić information content (AvgIpc) is 3.38. The van der Waals surface area contributed by atoms with Crippen LogP contribution in [0.25, 0.3) is 0 Å². The third-order valence-corrected chi connectivity index (χ3v) is 8.61. The molecule has 0 spiro atoms. The molecular formula is C29H60N2. The predicted octanol–water partition coefficient (Wildman–Crippen LogP) is 7.96. The topological polar surface area (TPSA) is 6.48 Å². The van der Waals surface area contributed by atoms with Gasteiger partial charge in [0.15, 0.2) is 0 Å². The molecule has 2 heteroatoms. The highest BCUT2D eigenvalue weighted by Crippen LogP contribution is 2.46. The lowest BCUT2D eigenvalue weighted by Crippen LogP contribution is -2.55. The van der Waals surface area contributed by atoms with Crippen molar-refractivity contribution in [3.8, 4) is 0 Å². The Morgan fingerprint density at radius 1 is 0.516 bits per heavy atom. The summed E-state index contributed by atoms with van der Waals surface area (Å²) in [4.78, 5) is 5.45. The molecule has 0 aromatic heterocycles. The van der Waals surface area contributed by atoms with Gasteiger partial charge < -0.3 is 0 Å². The molecule has 0 N–H and O–H groups in total. The van der Waals surface area contributed by atoms with Gasteiger partial charge in [-0.05, 0) is 95.3 Å². The summed E-state index contributed by atoms with van der Waals surface area (Å²) in [6.07, 6.45) is 7.39. The first-order chi connectivity index (χ1) is 14.7. The Balaban J connectivity index is 0.000000268. The predicted molar refractivity (Wildman–Crippen MR) is 141 cm³/mol. The van der Waals surface area contributed by atoms with Gasteiger partial charge in [0.1, 0.15) is 0 Å². The number of hydrogen-bond acceptors (Lipinski definition) is 2. The van der Waals surface area contributed by atoms with E-state index in [1.54, 1.807) is 0 Å². The molecule has 5 rings (SSSR count). The van der Waals surface area contributed by atoms with Gasteiger partial charge in [0.05, 0.1) is 0 Å². The van der Waals surface area contributed by atoms with Crippen LogP contribution in [0.2, 0.25) is 0 Å². The summed E-state index contributed by atoms with van der Waals surface area (Å²) in [5.41, 5.74) is 0. The summed E-state index contributed by atoms with van der Waals surface area (Å²) in [7, 11) is 0. The lowest BCUT2D eigenvalue weighted by molar-refractivity contribution is -0.0287. The Morgan fingerprint density at radius 2 is 0.935 bits per heavy atom. The molecule has 4 bridgehead atoms. The number of nitrogens with zero attached hydrogens (tertiary/aromatic N) is 2. The quantitative estimate of drug-likeness (QED) is 0.441. The van der Waals surface area contributed by atoms with E-state index in [2.05, 4.69) is 65.2 Å². The van der Waals surface area contributed by atoms with Crippen LogP contribution in [-0.4, -0.2) is 47.1 Å². The molecule has 2 saturated carbocycles. The number of rotatable bonds is 4. The third-order valence-electron chi connectivity index (χ3n) is 8.61. The van der Waals surface area contributed by atoms with Gasteiger partial charge in [-0.3, -0.25) is 9.80 Å². The standard InChI is InChI=1S/C13H25N.C12H23N.2C2H6/c1-9(2)13-7-12-6-5-11(13)8-14(12)10(3)4;1-8(2)12-6-11-5-10(12)7-13(11)9(3)4;2*1-2/h9-13H,5-8H2,1-4H3;8-12H,5-7H2,1-4H3;2*1-2H3. The van der Waals surface area contributed by atoms with Crippen LogP contribution in [0.5, 0.6) is 0 Å². The summed E-state index contributed by atoms with van der Waals surface area (Å²) in [6.45, 7) is 29.7. The highest BCUT2D eigenvalue weighted by Gasteiger charge is 2.46. The van der Waals surface area contributed by atoms with Crippen LogP contribution in [0.15, 0.2) is 0 Å². The second-order valence-electron chi connectivity index (χ2n) is 11.5. The van der Waals surface area contributed by atoms with Crippen molar-refractivity contribution in [1.29, 1.82) is 0 Å². The van der Waals surface area contributed by atoms with Crippen LogP contribution < -0.4 is 0 Å². The summed E-state index contributed by atoms with van der Waals surface area (Å²) in [5, 5.41) is 0. The molecule has 3 aliphatic heterocycles. The van der Waals surface area contributed by atoms with Gasteiger partial charge >= 0.3 is 0 Å². The maximum Gasteiger partial charge on any atom is 0.0104 e. The molecule has 0 aromatic carbocycles. The van der Waals surface area contributed by atoms with Crippen molar-refractivity contribution in [3.05, 3.63) is 0 Å². The van der Waals surface area contributed by atoms with E-state index in [0.29, 0.717) is 0 Å². The molecule has 0 aromatic rings. The Bertz CT molecular complexity index is 427. The molecule has 3 saturated heterocycles. The Hall–Kier alpha value is -0.0800. The van der Waals surface area contributed by atoms with Crippen molar-refractivity contribution in [2.45, 2.75) is 139 Å². The van der Waals surface area contributed by atoms with Gasteiger partial charge in [-0.15, -0.1) is 0 Å². The van der Waals surface area contributed by atoms with Gasteiger partial charge in [0.25, 0.3) is 0 Å². The number of hydrogen-bond donors (Lipinski definition) is 0. The van der Waals surface area contributed by atoms with Crippen molar-refractivity contribution in [3.63, 3.8) is 0 Å². The zero-order chi connectivity index (χ0) is 23.9. The van der Waals surface area contributed by atoms with E-state index < -0.39 is 0 Å². The van der Waals surface area contributed by atoms with Gasteiger partial charge in [-0.1, -0.05) is 55.4 Å². The molecule has 6 unspecified atom stereocenters. The van der Waals surface area contributed by atoms with E-state index in [9.17, 15) is 0 Å². The van der Waals surface area contributed by atoms with E-state index in [0.717, 1.165) is 59.7 Å². The smallest absolute Gasteiger partial charge is 0.0104 e. The Labute approximate surface area is 197 Å². The minimum absolute atomic E-state index is 0.760. The normalized spacial score (nSPS) is 34.5. The average molecular weight is 437 g/mol. The summed E-state index contributed by atoms with van der Waals surface area (Å²) in [6, 6.07) is 3.36. The van der Waals surface area contributed by atoms with E-state index in [1.807, 2.05) is 27.7 Å². The zero-order valence-corrected chi connectivity index (χ0v) is 23.6. The van der Waals surface area contributed by atoms with Gasteiger partial charge in [-0.2, -0.15) is 0 Å². The van der Waals surface area contributed by atoms with Crippen LogP contribution in [0, 0.1) is 35.5 Å². The van der Waals surface area contributed by atoms with E-state index in [1.165, 1.54) is 45.2 Å². The van der Waals surface area contributed by atoms with E-state index in [4.69, 9.17) is 0 Å². The fraction of sp³-hybridized carbons (Fsp3) is 1.00. The first kappa shape index (κ1) is 29.0. The minimum atomic E-state index is 0.760. The fourth-order valence-electron chi connectivity index (χ4n) is 7.12. The van der Waals surface area contributed by atoms with Crippen molar-refractivity contribution in [1.82, 2.24) is 9.80 Å². The Morgan fingerprint density at radius 3 is 1.29 bits per heavy atom. The highest BCUT2D eigenvalue weighted by molar-refractivity contribution is 4.99. The molecule has 2 nitrogen and oxygen atoms in total. The second-order valence-corrected chi connectivity index (χ2v) is 11.5. The SMILES string of the molecule is CC.CC.CC(C)C1CC2CC1CN2C(C)C.CC(C)C1CC2CCC1CN2C(C)C. The minimum Gasteiger partial charge on any atom is -0.298 e. The summed E-state index contributed by atoms with van der Waals surface area (Å²) >= 11 is 0. The fourth-order valence-corrected chi connectivity index (χ4v) is 7.12. The van der Waals surface area contributed by atoms with Crippen LogP contribution in [-0.2, 0) is 0 Å². The van der Waals surface area contributed by atoms with Crippen LogP contribution in [0.3, 0.4) is 0 Å². The molecule has 31 heavy (non-hydrogen) atoms. The summed E-state index contributed by atoms with van der Waals surface area (Å²) in [5.74, 6) is 5.87. The number of likely N-dealkylation sites (tertiary alicyclic amines) is 1. The monoisotopic (exact) mass is 436 g/mol. The van der Waals surface area contributed by atoms with Gasteiger partial charge in [0, 0.05) is 37.3 Å². The molecule has 3 heterocycles. The largest absolute Gasteiger partial charge is 0.298 e. The van der Waals surface area contributed by atoms with Crippen LogP contribution >= 0.6 is 0 Å². The first-order valence-corrected chi connectivity index (χ1v) is 14.2. The number of piperidine rings is 3. The maximum absolute atomic E-state index is 2.74. The van der Waals surface area contributed by atoms with Crippen molar-refractivity contribution in [2.24, 2.45) is 35.5 Å².